The second-order valence-corrected chi connectivity index (χ2v) is 5.20. The number of benzene rings is 1. The van der Waals surface area contributed by atoms with Crippen LogP contribution in [0.4, 0.5) is 5.69 Å². The number of furan rings is 1. The lowest BCUT2D eigenvalue weighted by molar-refractivity contribution is 0.102. The minimum Gasteiger partial charge on any atom is -0.457 e. The molecule has 3 nitrogen and oxygen atoms in total. The summed E-state index contributed by atoms with van der Waals surface area (Å²) in [5.74, 6) is -0.270. The summed E-state index contributed by atoms with van der Waals surface area (Å²) in [7, 11) is 0. The van der Waals surface area contributed by atoms with Crippen molar-refractivity contribution in [1.29, 1.82) is 0 Å². The average Bonchev–Trinajstić information content (AvgIpc) is 2.70. The lowest BCUT2D eigenvalue weighted by atomic mass is 10.3. The van der Waals surface area contributed by atoms with E-state index < -0.39 is 0 Å². The monoisotopic (exact) mass is 377 g/mol. The quantitative estimate of drug-likeness (QED) is 0.821. The number of halogens is 3. The molecule has 0 aliphatic heterocycles. The summed E-state index contributed by atoms with van der Waals surface area (Å²) in [6.07, 6.45) is 1.44. The van der Waals surface area contributed by atoms with Gasteiger partial charge < -0.3 is 9.73 Å². The van der Waals surface area contributed by atoms with Gasteiger partial charge in [0.05, 0.1) is 17.5 Å². The van der Waals surface area contributed by atoms with E-state index >= 15 is 0 Å². The number of amides is 1. The number of hydrogen-bond donors (Lipinski definition) is 1. The Kier molecular flexibility index (Phi) is 3.91. The molecule has 17 heavy (non-hydrogen) atoms. The largest absolute Gasteiger partial charge is 0.457 e. The van der Waals surface area contributed by atoms with Crippen LogP contribution in [-0.2, 0) is 0 Å². The maximum absolute atomic E-state index is 11.9. The number of carbonyl (C=O) groups is 1. The molecule has 0 fully saturated rings. The fourth-order valence-corrected chi connectivity index (χ4v) is 2.18. The highest BCUT2D eigenvalue weighted by Crippen LogP contribution is 2.27. The van der Waals surface area contributed by atoms with Crippen molar-refractivity contribution in [1.82, 2.24) is 0 Å². The van der Waals surface area contributed by atoms with Crippen LogP contribution in [0.5, 0.6) is 0 Å². The molecule has 1 amide bonds. The van der Waals surface area contributed by atoms with Crippen LogP contribution in [0.15, 0.2) is 44.1 Å². The smallest absolute Gasteiger partial charge is 0.260 e. The van der Waals surface area contributed by atoms with Gasteiger partial charge in [0, 0.05) is 9.50 Å². The van der Waals surface area contributed by atoms with Crippen molar-refractivity contribution in [3.05, 3.63) is 50.3 Å². The molecule has 6 heteroatoms. The van der Waals surface area contributed by atoms with E-state index in [4.69, 9.17) is 16.0 Å². The Morgan fingerprint density at radius 3 is 2.71 bits per heavy atom. The lowest BCUT2D eigenvalue weighted by Gasteiger charge is -2.06. The highest BCUT2D eigenvalue weighted by molar-refractivity contribution is 9.10. The molecule has 1 heterocycles. The van der Waals surface area contributed by atoms with Crippen LogP contribution < -0.4 is 5.32 Å². The molecule has 1 aromatic carbocycles. The number of anilines is 1. The van der Waals surface area contributed by atoms with Crippen LogP contribution in [0.3, 0.4) is 0 Å². The topological polar surface area (TPSA) is 42.2 Å². The average molecular weight is 379 g/mol. The van der Waals surface area contributed by atoms with Gasteiger partial charge in [0.2, 0.25) is 0 Å². The second-order valence-electron chi connectivity index (χ2n) is 3.19. The SMILES string of the molecule is O=C(Nc1cc(Cl)ccc1Br)c1ccoc1Br. The Balaban J connectivity index is 2.24. The molecule has 0 aliphatic carbocycles. The first kappa shape index (κ1) is 12.7. The van der Waals surface area contributed by atoms with E-state index in [2.05, 4.69) is 37.2 Å². The maximum atomic E-state index is 11.9. The Morgan fingerprint density at radius 1 is 1.29 bits per heavy atom. The molecule has 0 saturated carbocycles. The highest BCUT2D eigenvalue weighted by Gasteiger charge is 2.14. The predicted molar refractivity (Wildman–Crippen MR) is 73.5 cm³/mol. The molecule has 1 N–H and O–H groups in total. The molecule has 88 valence electrons. The van der Waals surface area contributed by atoms with Crippen molar-refractivity contribution < 1.29 is 9.21 Å². The molecule has 0 aliphatic rings. The minimum atomic E-state index is -0.270. The van der Waals surface area contributed by atoms with Crippen molar-refractivity contribution in [2.45, 2.75) is 0 Å². The summed E-state index contributed by atoms with van der Waals surface area (Å²) in [4.78, 5) is 11.9. The molecule has 0 bridgehead atoms. The number of rotatable bonds is 2. The molecule has 2 aromatic rings. The van der Waals surface area contributed by atoms with Gasteiger partial charge in [-0.2, -0.15) is 0 Å². The first-order valence-corrected chi connectivity index (χ1v) is 6.53. The third kappa shape index (κ3) is 2.91. The number of carbonyl (C=O) groups excluding carboxylic acids is 1. The van der Waals surface area contributed by atoms with Crippen LogP contribution in [0, 0.1) is 0 Å². The Morgan fingerprint density at radius 2 is 2.06 bits per heavy atom. The van der Waals surface area contributed by atoms with Crippen LogP contribution in [0.25, 0.3) is 0 Å². The molecule has 0 radical (unpaired) electrons. The van der Waals surface area contributed by atoms with Crippen LogP contribution in [0.2, 0.25) is 5.02 Å². The lowest BCUT2D eigenvalue weighted by Crippen LogP contribution is -2.11. The zero-order valence-electron chi connectivity index (χ0n) is 8.34. The standard InChI is InChI=1S/C11H6Br2ClNO2/c12-8-2-1-6(14)5-9(8)15-11(16)7-3-4-17-10(7)13/h1-5H,(H,15,16). The van der Waals surface area contributed by atoms with Crippen LogP contribution >= 0.6 is 43.5 Å². The van der Waals surface area contributed by atoms with Gasteiger partial charge >= 0.3 is 0 Å². The summed E-state index contributed by atoms with van der Waals surface area (Å²) >= 11 is 12.3. The summed E-state index contributed by atoms with van der Waals surface area (Å²) < 4.78 is 6.15. The Labute approximate surface area is 119 Å². The van der Waals surface area contributed by atoms with E-state index in [0.717, 1.165) is 4.47 Å². The molecule has 2 rings (SSSR count). The Hall–Kier alpha value is -0.780. The van der Waals surface area contributed by atoms with Gasteiger partial charge in [0.1, 0.15) is 0 Å². The summed E-state index contributed by atoms with van der Waals surface area (Å²) in [5, 5.41) is 3.28. The van der Waals surface area contributed by atoms with E-state index in [1.165, 1.54) is 6.26 Å². The molecular weight excluding hydrogens is 373 g/mol. The third-order valence-electron chi connectivity index (χ3n) is 2.04. The second kappa shape index (κ2) is 5.25. The van der Waals surface area contributed by atoms with Gasteiger partial charge in [-0.3, -0.25) is 4.79 Å². The Bertz CT molecular complexity index is 568. The zero-order chi connectivity index (χ0) is 12.4. The van der Waals surface area contributed by atoms with E-state index in [-0.39, 0.29) is 5.91 Å². The molecule has 0 atom stereocenters. The fourth-order valence-electron chi connectivity index (χ4n) is 1.24. The summed E-state index contributed by atoms with van der Waals surface area (Å²) in [6, 6.07) is 6.74. The van der Waals surface area contributed by atoms with Crippen LogP contribution in [0.1, 0.15) is 10.4 Å². The fraction of sp³-hybridized carbons (Fsp3) is 0. The van der Waals surface area contributed by atoms with Crippen molar-refractivity contribution >= 4 is 55.1 Å². The summed E-state index contributed by atoms with van der Waals surface area (Å²) in [6.45, 7) is 0. The normalized spacial score (nSPS) is 10.3. The van der Waals surface area contributed by atoms with Gasteiger partial charge in [-0.25, -0.2) is 0 Å². The van der Waals surface area contributed by atoms with Gasteiger partial charge in [-0.1, -0.05) is 11.6 Å². The van der Waals surface area contributed by atoms with Crippen molar-refractivity contribution in [3.8, 4) is 0 Å². The maximum Gasteiger partial charge on any atom is 0.260 e. The van der Waals surface area contributed by atoms with Gasteiger partial charge in [0.15, 0.2) is 4.67 Å². The van der Waals surface area contributed by atoms with Crippen molar-refractivity contribution in [2.75, 3.05) is 5.32 Å². The number of hydrogen-bond acceptors (Lipinski definition) is 2. The molecule has 0 unspecified atom stereocenters. The predicted octanol–water partition coefficient (Wildman–Crippen LogP) is 4.71. The van der Waals surface area contributed by atoms with Crippen LogP contribution in [-0.4, -0.2) is 5.91 Å². The first-order valence-electron chi connectivity index (χ1n) is 4.57. The summed E-state index contributed by atoms with van der Waals surface area (Å²) in [5.41, 5.74) is 1.03. The molecule has 0 spiro atoms. The van der Waals surface area contributed by atoms with Crippen molar-refractivity contribution in [2.24, 2.45) is 0 Å². The third-order valence-corrected chi connectivity index (χ3v) is 3.58. The first-order chi connectivity index (χ1) is 8.08. The minimum absolute atomic E-state index is 0.270. The van der Waals surface area contributed by atoms with Gasteiger partial charge in [-0.15, -0.1) is 0 Å². The molecule has 0 saturated heterocycles. The van der Waals surface area contributed by atoms with E-state index in [1.54, 1.807) is 24.3 Å². The molecule has 1 aromatic heterocycles. The van der Waals surface area contributed by atoms with Gasteiger partial charge in [0.25, 0.3) is 5.91 Å². The molecular formula is C11H6Br2ClNO2. The van der Waals surface area contributed by atoms with E-state index in [1.807, 2.05) is 0 Å². The van der Waals surface area contributed by atoms with Gasteiger partial charge in [-0.05, 0) is 56.1 Å². The van der Waals surface area contributed by atoms with E-state index in [0.29, 0.717) is 20.9 Å². The highest BCUT2D eigenvalue weighted by atomic mass is 79.9. The van der Waals surface area contributed by atoms with Crippen molar-refractivity contribution in [3.63, 3.8) is 0 Å². The zero-order valence-corrected chi connectivity index (χ0v) is 12.3. The number of nitrogens with one attached hydrogen (secondary N) is 1. The van der Waals surface area contributed by atoms with E-state index in [9.17, 15) is 4.79 Å².